The molecule has 0 aliphatic heterocycles. The Morgan fingerprint density at radius 2 is 2.12 bits per heavy atom. The molecule has 0 heterocycles. The molecule has 1 aromatic carbocycles. The van der Waals surface area contributed by atoms with Crippen LogP contribution in [-0.2, 0) is 11.3 Å². The van der Waals surface area contributed by atoms with E-state index in [1.54, 1.807) is 6.92 Å². The van der Waals surface area contributed by atoms with Gasteiger partial charge in [-0.1, -0.05) is 42.5 Å². The summed E-state index contributed by atoms with van der Waals surface area (Å²) in [5, 5.41) is 10.1. The molecule has 0 saturated carbocycles. The van der Waals surface area contributed by atoms with Gasteiger partial charge in [-0.3, -0.25) is 0 Å². The normalized spacial score (nSPS) is 29.2. The summed E-state index contributed by atoms with van der Waals surface area (Å²) in [7, 11) is 0. The maximum Gasteiger partial charge on any atom is 0.106 e. The van der Waals surface area contributed by atoms with Gasteiger partial charge in [0, 0.05) is 0 Å². The van der Waals surface area contributed by atoms with Crippen LogP contribution in [0, 0.1) is 0 Å². The number of aliphatic hydroxyl groups is 1. The third-order valence-electron chi connectivity index (χ3n) is 3.00. The molecule has 0 bridgehead atoms. The Kier molecular flexibility index (Phi) is 3.42. The first-order valence-corrected chi connectivity index (χ1v) is 5.74. The Hall–Kier alpha value is -1.12. The van der Waals surface area contributed by atoms with Gasteiger partial charge in [-0.15, -0.1) is 0 Å². The zero-order chi connectivity index (χ0) is 11.4. The van der Waals surface area contributed by atoms with Crippen molar-refractivity contribution in [3.05, 3.63) is 48.0 Å². The number of hydrogen-bond acceptors (Lipinski definition) is 2. The third-order valence-corrected chi connectivity index (χ3v) is 3.00. The Bertz CT molecular complexity index is 354. The summed E-state index contributed by atoms with van der Waals surface area (Å²) in [6.45, 7) is 2.37. The van der Waals surface area contributed by atoms with Gasteiger partial charge < -0.3 is 9.84 Å². The van der Waals surface area contributed by atoms with Gasteiger partial charge >= 0.3 is 0 Å². The van der Waals surface area contributed by atoms with E-state index in [1.165, 1.54) is 0 Å². The van der Waals surface area contributed by atoms with Crippen molar-refractivity contribution >= 4 is 0 Å². The number of benzene rings is 1. The first-order valence-electron chi connectivity index (χ1n) is 5.74. The van der Waals surface area contributed by atoms with Crippen LogP contribution in [0.25, 0.3) is 0 Å². The molecule has 2 nitrogen and oxygen atoms in total. The molecule has 1 aliphatic carbocycles. The molecule has 1 aromatic rings. The number of ether oxygens (including phenoxy) is 1. The minimum absolute atomic E-state index is 0.0993. The maximum absolute atomic E-state index is 10.1. The van der Waals surface area contributed by atoms with E-state index in [0.29, 0.717) is 6.61 Å². The molecule has 0 fully saturated rings. The fourth-order valence-corrected chi connectivity index (χ4v) is 1.99. The number of hydrogen-bond donors (Lipinski definition) is 1. The van der Waals surface area contributed by atoms with Crippen LogP contribution in [0.3, 0.4) is 0 Å². The van der Waals surface area contributed by atoms with Gasteiger partial charge in [-0.25, -0.2) is 0 Å². The Morgan fingerprint density at radius 3 is 2.81 bits per heavy atom. The predicted molar refractivity (Wildman–Crippen MR) is 64.0 cm³/mol. The second-order valence-electron chi connectivity index (χ2n) is 4.49. The lowest BCUT2D eigenvalue weighted by atomic mass is 9.90. The molecule has 2 rings (SSSR count). The van der Waals surface area contributed by atoms with Crippen LogP contribution in [0.15, 0.2) is 42.5 Å². The first-order chi connectivity index (χ1) is 7.68. The summed E-state index contributed by atoms with van der Waals surface area (Å²) in [5.74, 6) is 0. The summed E-state index contributed by atoms with van der Waals surface area (Å²) in [6, 6.07) is 10.1. The van der Waals surface area contributed by atoms with Crippen LogP contribution in [-0.4, -0.2) is 16.8 Å². The topological polar surface area (TPSA) is 29.5 Å². The molecule has 1 aliphatic rings. The van der Waals surface area contributed by atoms with Gasteiger partial charge in [-0.2, -0.15) is 0 Å². The van der Waals surface area contributed by atoms with E-state index in [1.807, 2.05) is 42.5 Å². The van der Waals surface area contributed by atoms with Crippen LogP contribution in [0.5, 0.6) is 0 Å². The molecule has 1 unspecified atom stereocenters. The van der Waals surface area contributed by atoms with E-state index < -0.39 is 5.60 Å². The van der Waals surface area contributed by atoms with Crippen LogP contribution in [0.2, 0.25) is 0 Å². The molecule has 0 radical (unpaired) electrons. The van der Waals surface area contributed by atoms with Gasteiger partial charge in [0.15, 0.2) is 0 Å². The summed E-state index contributed by atoms with van der Waals surface area (Å²) < 4.78 is 5.78. The van der Waals surface area contributed by atoms with Crippen molar-refractivity contribution in [2.24, 2.45) is 0 Å². The number of rotatable bonds is 3. The zero-order valence-electron chi connectivity index (χ0n) is 9.60. The highest BCUT2D eigenvalue weighted by molar-refractivity contribution is 5.14. The average Bonchev–Trinajstić information content (AvgIpc) is 2.28. The van der Waals surface area contributed by atoms with Gasteiger partial charge in [-0.05, 0) is 25.3 Å². The van der Waals surface area contributed by atoms with E-state index >= 15 is 0 Å². The van der Waals surface area contributed by atoms with E-state index in [9.17, 15) is 5.11 Å². The molecule has 1 N–H and O–H groups in total. The quantitative estimate of drug-likeness (QED) is 0.790. The molecule has 2 atom stereocenters. The molecular weight excluding hydrogens is 200 g/mol. The van der Waals surface area contributed by atoms with Crippen LogP contribution in [0.1, 0.15) is 25.3 Å². The fraction of sp³-hybridized carbons (Fsp3) is 0.429. The summed E-state index contributed by atoms with van der Waals surface area (Å²) in [6.07, 6.45) is 5.62. The first kappa shape index (κ1) is 11.4. The van der Waals surface area contributed by atoms with Crippen molar-refractivity contribution in [3.63, 3.8) is 0 Å². The predicted octanol–water partition coefficient (Wildman–Crippen LogP) is 2.67. The van der Waals surface area contributed by atoms with Gasteiger partial charge in [0.1, 0.15) is 5.60 Å². The van der Waals surface area contributed by atoms with Crippen molar-refractivity contribution in [1.29, 1.82) is 0 Å². The SMILES string of the molecule is CC1(O)C=CCC[C@@H]1OCc1ccccc1. The molecule has 86 valence electrons. The molecule has 16 heavy (non-hydrogen) atoms. The second kappa shape index (κ2) is 4.81. The highest BCUT2D eigenvalue weighted by Gasteiger charge is 2.31. The van der Waals surface area contributed by atoms with Crippen LogP contribution < -0.4 is 0 Å². The van der Waals surface area contributed by atoms with Crippen molar-refractivity contribution in [2.75, 3.05) is 0 Å². The van der Waals surface area contributed by atoms with E-state index in [2.05, 4.69) is 0 Å². The monoisotopic (exact) mass is 218 g/mol. The molecule has 0 spiro atoms. The van der Waals surface area contributed by atoms with Gasteiger partial charge in [0.05, 0.1) is 12.7 Å². The van der Waals surface area contributed by atoms with Crippen molar-refractivity contribution in [2.45, 2.75) is 38.1 Å². The highest BCUT2D eigenvalue weighted by atomic mass is 16.5. The third kappa shape index (κ3) is 2.71. The lowest BCUT2D eigenvalue weighted by Gasteiger charge is -2.32. The van der Waals surface area contributed by atoms with E-state index in [0.717, 1.165) is 18.4 Å². The Balaban J connectivity index is 1.93. The minimum atomic E-state index is -0.826. The Labute approximate surface area is 96.6 Å². The van der Waals surface area contributed by atoms with Crippen molar-refractivity contribution in [1.82, 2.24) is 0 Å². The summed E-state index contributed by atoms with van der Waals surface area (Å²) in [5.41, 5.74) is 0.320. The van der Waals surface area contributed by atoms with Crippen LogP contribution in [0.4, 0.5) is 0 Å². The van der Waals surface area contributed by atoms with E-state index in [-0.39, 0.29) is 6.10 Å². The van der Waals surface area contributed by atoms with Gasteiger partial charge in [0.2, 0.25) is 0 Å². The lowest BCUT2D eigenvalue weighted by Crippen LogP contribution is -2.40. The molecule has 2 heteroatoms. The van der Waals surface area contributed by atoms with Crippen LogP contribution >= 0.6 is 0 Å². The standard InChI is InChI=1S/C14H18O2/c1-14(15)10-6-5-9-13(14)16-11-12-7-3-2-4-8-12/h2-4,6-8,10,13,15H,5,9,11H2,1H3/t13-,14?/m0/s1. The van der Waals surface area contributed by atoms with Crippen molar-refractivity contribution < 1.29 is 9.84 Å². The average molecular weight is 218 g/mol. The molecule has 0 amide bonds. The highest BCUT2D eigenvalue weighted by Crippen LogP contribution is 2.25. The molecular formula is C14H18O2. The Morgan fingerprint density at radius 1 is 1.38 bits per heavy atom. The van der Waals surface area contributed by atoms with E-state index in [4.69, 9.17) is 4.74 Å². The fourth-order valence-electron chi connectivity index (χ4n) is 1.99. The molecule has 0 aromatic heterocycles. The second-order valence-corrected chi connectivity index (χ2v) is 4.49. The van der Waals surface area contributed by atoms with Crippen molar-refractivity contribution in [3.8, 4) is 0 Å². The largest absolute Gasteiger partial charge is 0.383 e. The smallest absolute Gasteiger partial charge is 0.106 e. The zero-order valence-corrected chi connectivity index (χ0v) is 9.60. The lowest BCUT2D eigenvalue weighted by molar-refractivity contribution is -0.0855. The minimum Gasteiger partial charge on any atom is -0.383 e. The molecule has 0 saturated heterocycles. The van der Waals surface area contributed by atoms with Gasteiger partial charge in [0.25, 0.3) is 0 Å². The summed E-state index contributed by atoms with van der Waals surface area (Å²) in [4.78, 5) is 0. The summed E-state index contributed by atoms with van der Waals surface area (Å²) >= 11 is 0. The number of allylic oxidation sites excluding steroid dienone is 1. The maximum atomic E-state index is 10.1.